The first-order valence-electron chi connectivity index (χ1n) is 23.5. The van der Waals surface area contributed by atoms with Crippen LogP contribution < -0.4 is 27.2 Å². The Morgan fingerprint density at radius 3 is 1.26 bits per heavy atom. The summed E-state index contributed by atoms with van der Waals surface area (Å²) in [5.74, 6) is -3.82. The van der Waals surface area contributed by atoms with E-state index in [2.05, 4.69) is 33.2 Å². The van der Waals surface area contributed by atoms with Gasteiger partial charge in [0.05, 0.1) is 57.9 Å². The molecule has 0 radical (unpaired) electrons. The molecule has 2 aromatic heterocycles. The van der Waals surface area contributed by atoms with Gasteiger partial charge in [0.1, 0.15) is 35.7 Å². The molecule has 3 fully saturated rings. The zero-order valence-electron chi connectivity index (χ0n) is 43.9. The highest BCUT2D eigenvalue weighted by atomic mass is 127. The van der Waals surface area contributed by atoms with Gasteiger partial charge in [-0.3, -0.25) is 28.8 Å². The van der Waals surface area contributed by atoms with Crippen LogP contribution in [0.3, 0.4) is 0 Å². The molecule has 2 aromatic carbocycles. The number of aromatic hydroxyl groups is 2. The molecule has 0 unspecified atom stereocenters. The number of ether oxygens (including phenoxy) is 2. The van der Waals surface area contributed by atoms with E-state index in [9.17, 15) is 39.0 Å². The summed E-state index contributed by atoms with van der Waals surface area (Å²) in [7, 11) is 1.39. The second kappa shape index (κ2) is 21.5. The number of amides is 2. The molecular weight excluding hydrogens is 1050 g/mol. The highest BCUT2D eigenvalue weighted by molar-refractivity contribution is 14.1. The van der Waals surface area contributed by atoms with E-state index in [1.807, 2.05) is 83.1 Å². The van der Waals surface area contributed by atoms with Gasteiger partial charge in [0.2, 0.25) is 0 Å². The van der Waals surface area contributed by atoms with Crippen LogP contribution in [0.5, 0.6) is 11.5 Å². The zero-order valence-corrected chi connectivity index (χ0v) is 46.1. The summed E-state index contributed by atoms with van der Waals surface area (Å²) in [5, 5.41) is 26.4. The average molecular weight is 1110 g/mol. The number of benzene rings is 2. The van der Waals surface area contributed by atoms with Crippen molar-refractivity contribution in [2.75, 3.05) is 26.3 Å². The molecule has 20 nitrogen and oxygen atoms in total. The van der Waals surface area contributed by atoms with E-state index >= 15 is 0 Å². The molecule has 4 N–H and O–H groups in total. The summed E-state index contributed by atoms with van der Waals surface area (Å²) in [5.41, 5.74) is -3.13. The second-order valence-corrected chi connectivity index (χ2v) is 21.7. The van der Waals surface area contributed by atoms with Gasteiger partial charge in [0.15, 0.2) is 0 Å². The fourth-order valence-electron chi connectivity index (χ4n) is 7.49. The van der Waals surface area contributed by atoms with Gasteiger partial charge in [-0.05, 0) is 155 Å². The third-order valence-corrected chi connectivity index (χ3v) is 14.5. The van der Waals surface area contributed by atoms with Gasteiger partial charge in [0, 0.05) is 28.4 Å². The molecule has 0 bridgehead atoms. The number of aryl methyl sites for hydroxylation is 2. The summed E-state index contributed by atoms with van der Waals surface area (Å²) in [4.78, 5) is 72.6. The van der Waals surface area contributed by atoms with Crippen LogP contribution in [0.4, 0.5) is 0 Å². The summed E-state index contributed by atoms with van der Waals surface area (Å²) < 4.78 is 48.8. The molecule has 72 heavy (non-hydrogen) atoms. The predicted molar refractivity (Wildman–Crippen MR) is 280 cm³/mol. The van der Waals surface area contributed by atoms with Crippen LogP contribution in [0.1, 0.15) is 118 Å². The minimum Gasteiger partial charge on any atom is -0.506 e. The van der Waals surface area contributed by atoms with E-state index in [1.165, 1.54) is 23.2 Å². The van der Waals surface area contributed by atoms with Crippen LogP contribution in [0.15, 0.2) is 46.0 Å². The fourth-order valence-corrected chi connectivity index (χ4v) is 7.98. The number of carbonyl (C=O) groups excluding carboxylic acids is 4. The highest BCUT2D eigenvalue weighted by Gasteiger charge is 2.63. The lowest BCUT2D eigenvalue weighted by molar-refractivity contribution is -0.142. The molecule has 390 valence electrons. The average Bonchev–Trinajstić information content (AvgIpc) is 3.75. The third-order valence-electron chi connectivity index (χ3n) is 13.9. The van der Waals surface area contributed by atoms with E-state index in [0.717, 1.165) is 3.57 Å². The van der Waals surface area contributed by atoms with Crippen LogP contribution >= 0.6 is 22.6 Å². The molecular formula is C48H66B3IN4O16. The first-order valence-corrected chi connectivity index (χ1v) is 24.5. The Hall–Kier alpha value is -4.98. The number of aromatic nitrogens is 2. The van der Waals surface area contributed by atoms with Crippen molar-refractivity contribution in [1.82, 2.24) is 19.8 Å². The fraction of sp³-hybridized carbons (Fsp3) is 0.542. The first kappa shape index (κ1) is 57.9. The molecule has 0 spiro atoms. The number of esters is 2. The number of nitrogens with zero attached hydrogens (tertiary/aromatic N) is 2. The molecule has 5 heterocycles. The molecule has 3 saturated heterocycles. The summed E-state index contributed by atoms with van der Waals surface area (Å²) >= 11 is 2.07. The van der Waals surface area contributed by atoms with E-state index < -0.39 is 96.4 Å². The molecule has 2 amide bonds. The van der Waals surface area contributed by atoms with Gasteiger partial charge in [-0.1, -0.05) is 6.07 Å². The molecule has 7 rings (SSSR count). The maximum atomic E-state index is 12.7. The maximum Gasteiger partial charge on any atom is 0.494 e. The predicted octanol–water partition coefficient (Wildman–Crippen LogP) is 4.23. The molecule has 0 saturated carbocycles. The minimum absolute atomic E-state index is 0.166. The second-order valence-electron chi connectivity index (χ2n) is 20.4. The summed E-state index contributed by atoms with van der Waals surface area (Å²) in [6, 6.07) is 10.2. The van der Waals surface area contributed by atoms with Crippen molar-refractivity contribution in [3.63, 3.8) is 0 Å². The Morgan fingerprint density at radius 2 is 0.903 bits per heavy atom. The van der Waals surface area contributed by atoms with Gasteiger partial charge in [0.25, 0.3) is 22.9 Å². The van der Waals surface area contributed by atoms with E-state index in [-0.39, 0.29) is 47.5 Å². The van der Waals surface area contributed by atoms with Crippen LogP contribution in [0.25, 0.3) is 21.8 Å². The number of halogens is 1. The number of rotatable bonds is 10. The SMILES string of the molecule is CC1(C)OB(B2OC(C)(C)C(C)(C)O2)OC1(C)C.CCOC(=O)CNC(=O)c1c(O)c2cc(B3OC(C)(C)C(C)(C)O3)ccc2n(C)c1=O.CCOC(=O)CNC(=O)c1c(O)c2cc(I)ccc2n(C)c1=O. The number of pyridine rings is 2. The van der Waals surface area contributed by atoms with Gasteiger partial charge < -0.3 is 67.4 Å². The topological polar surface area (TPSA) is 251 Å². The van der Waals surface area contributed by atoms with Crippen molar-refractivity contribution in [1.29, 1.82) is 0 Å². The monoisotopic (exact) mass is 1110 g/mol. The van der Waals surface area contributed by atoms with E-state index in [4.69, 9.17) is 37.4 Å². The standard InChI is InChI=1S/C21H27BN2O7.C15H15IN2O5.C12H24B2O4/c1-7-29-15(25)11-23-18(27)16-17(26)13-10-12(8-9-14(13)24(6)19(16)28)22-30-20(2,3)21(4,5)31-22;1-3-23-11(19)7-17-14(21)12-13(20)9-6-8(16)4-5-10(9)18(2)15(12)22;1-9(2)10(3,4)16-13(15-9)14-17-11(5,6)12(7,8)18-14/h8-10,26H,7,11H2,1-6H3,(H,23,27);4-6,20H,3,7H2,1-2H3,(H,17,21);1-8H3. The minimum atomic E-state index is -0.867. The van der Waals surface area contributed by atoms with Crippen LogP contribution in [0.2, 0.25) is 0 Å². The van der Waals surface area contributed by atoms with Crippen molar-refractivity contribution < 1.29 is 66.8 Å². The lowest BCUT2D eigenvalue weighted by Gasteiger charge is -2.32. The zero-order chi connectivity index (χ0) is 54.3. The maximum absolute atomic E-state index is 12.7. The number of hydrogen-bond acceptors (Lipinski definition) is 16. The van der Waals surface area contributed by atoms with Crippen molar-refractivity contribution in [2.24, 2.45) is 14.1 Å². The van der Waals surface area contributed by atoms with Crippen LogP contribution in [0, 0.1) is 3.57 Å². The number of hydrogen-bond donors (Lipinski definition) is 4. The Bertz CT molecular complexity index is 2800. The molecule has 0 atom stereocenters. The Morgan fingerprint density at radius 1 is 0.569 bits per heavy atom. The van der Waals surface area contributed by atoms with Crippen LogP contribution in [-0.4, -0.2) is 124 Å². The molecule has 0 aliphatic carbocycles. The summed E-state index contributed by atoms with van der Waals surface area (Å²) in [6.07, 6.45) is 0. The smallest absolute Gasteiger partial charge is 0.494 e. The number of fused-ring (bicyclic) bond motifs is 2. The van der Waals surface area contributed by atoms with Gasteiger partial charge >= 0.3 is 33.1 Å². The molecule has 3 aliphatic heterocycles. The Kier molecular flexibility index (Phi) is 17.3. The third kappa shape index (κ3) is 11.8. The lowest BCUT2D eigenvalue weighted by Crippen LogP contribution is -2.41. The normalized spacial score (nSPS) is 18.7. The Balaban J connectivity index is 0.000000209. The summed E-state index contributed by atoms with van der Waals surface area (Å²) in [6.45, 7) is 26.8. The van der Waals surface area contributed by atoms with Crippen molar-refractivity contribution in [2.45, 2.75) is 131 Å². The van der Waals surface area contributed by atoms with Gasteiger partial charge in [-0.15, -0.1) is 0 Å². The Labute approximate surface area is 433 Å². The van der Waals surface area contributed by atoms with Crippen molar-refractivity contribution >= 4 is 94.7 Å². The van der Waals surface area contributed by atoms with E-state index in [0.29, 0.717) is 21.9 Å². The largest absolute Gasteiger partial charge is 0.506 e. The number of carbonyl (C=O) groups is 4. The molecule has 4 aromatic rings. The van der Waals surface area contributed by atoms with Crippen molar-refractivity contribution in [3.8, 4) is 11.5 Å². The lowest BCUT2D eigenvalue weighted by atomic mass is 9.49. The van der Waals surface area contributed by atoms with Gasteiger partial charge in [-0.25, -0.2) is 0 Å². The first-order chi connectivity index (χ1) is 33.1. The quantitative estimate of drug-likeness (QED) is 0.0986. The van der Waals surface area contributed by atoms with Gasteiger partial charge in [-0.2, -0.15) is 0 Å². The number of nitrogens with one attached hydrogen (secondary N) is 2. The van der Waals surface area contributed by atoms with Crippen LogP contribution in [-0.2, 0) is 61.1 Å². The molecule has 24 heteroatoms. The highest BCUT2D eigenvalue weighted by Crippen LogP contribution is 2.43. The molecule has 3 aliphatic rings. The van der Waals surface area contributed by atoms with Crippen molar-refractivity contribution in [3.05, 3.63) is 71.8 Å². The van der Waals surface area contributed by atoms with E-state index in [1.54, 1.807) is 50.2 Å².